The third-order valence-electron chi connectivity index (χ3n) is 4.44. The molecule has 4 heteroatoms. The first-order valence-corrected chi connectivity index (χ1v) is 7.90. The monoisotopic (exact) mass is 268 g/mol. The molecule has 2 aliphatic rings. The Bertz CT molecular complexity index is 269. The van der Waals surface area contributed by atoms with E-state index in [1.165, 1.54) is 19.4 Å². The van der Waals surface area contributed by atoms with Crippen molar-refractivity contribution in [2.24, 2.45) is 11.8 Å². The Morgan fingerprint density at radius 1 is 1.26 bits per heavy atom. The summed E-state index contributed by atoms with van der Waals surface area (Å²) >= 11 is 0. The predicted octanol–water partition coefficient (Wildman–Crippen LogP) is 1.70. The van der Waals surface area contributed by atoms with Crippen LogP contribution in [0, 0.1) is 11.8 Å². The van der Waals surface area contributed by atoms with Gasteiger partial charge in [-0.25, -0.2) is 0 Å². The van der Waals surface area contributed by atoms with Crippen LogP contribution in [0.1, 0.15) is 45.4 Å². The van der Waals surface area contributed by atoms with Crippen LogP contribution in [-0.4, -0.2) is 38.3 Å². The van der Waals surface area contributed by atoms with Gasteiger partial charge < -0.3 is 15.4 Å². The SMILES string of the molecule is CCOC(=O)C1CCC(NCC2CCCNC2)CC1. The molecule has 2 fully saturated rings. The summed E-state index contributed by atoms with van der Waals surface area (Å²) in [5.41, 5.74) is 0. The van der Waals surface area contributed by atoms with Gasteiger partial charge in [-0.3, -0.25) is 4.79 Å². The van der Waals surface area contributed by atoms with Gasteiger partial charge in [0.25, 0.3) is 0 Å². The quantitative estimate of drug-likeness (QED) is 0.745. The van der Waals surface area contributed by atoms with Crippen LogP contribution in [0.5, 0.6) is 0 Å². The summed E-state index contributed by atoms with van der Waals surface area (Å²) in [5.74, 6) is 0.948. The zero-order valence-electron chi connectivity index (χ0n) is 12.1. The van der Waals surface area contributed by atoms with E-state index >= 15 is 0 Å². The van der Waals surface area contributed by atoms with Crippen molar-refractivity contribution in [3.05, 3.63) is 0 Å². The Kier molecular flexibility index (Phi) is 6.11. The Balaban J connectivity index is 1.61. The van der Waals surface area contributed by atoms with Crippen LogP contribution in [0.4, 0.5) is 0 Å². The minimum atomic E-state index is 0.0115. The van der Waals surface area contributed by atoms with E-state index in [-0.39, 0.29) is 11.9 Å². The minimum absolute atomic E-state index is 0.0115. The molecule has 0 spiro atoms. The molecular weight excluding hydrogens is 240 g/mol. The molecule has 0 radical (unpaired) electrons. The van der Waals surface area contributed by atoms with Crippen LogP contribution in [-0.2, 0) is 9.53 Å². The molecule has 1 saturated heterocycles. The van der Waals surface area contributed by atoms with E-state index in [0.29, 0.717) is 12.6 Å². The molecule has 1 aliphatic carbocycles. The second kappa shape index (κ2) is 7.85. The van der Waals surface area contributed by atoms with Crippen LogP contribution in [0.3, 0.4) is 0 Å². The van der Waals surface area contributed by atoms with Gasteiger partial charge in [0.1, 0.15) is 0 Å². The Labute approximate surface area is 116 Å². The number of rotatable bonds is 5. The van der Waals surface area contributed by atoms with Crippen molar-refractivity contribution in [3.63, 3.8) is 0 Å². The van der Waals surface area contributed by atoms with Crippen LogP contribution in [0.15, 0.2) is 0 Å². The van der Waals surface area contributed by atoms with Gasteiger partial charge in [0.15, 0.2) is 0 Å². The number of hydrogen-bond acceptors (Lipinski definition) is 4. The maximum atomic E-state index is 11.7. The highest BCUT2D eigenvalue weighted by molar-refractivity contribution is 5.72. The molecule has 110 valence electrons. The van der Waals surface area contributed by atoms with Gasteiger partial charge >= 0.3 is 5.97 Å². The molecule has 1 atom stereocenters. The van der Waals surface area contributed by atoms with E-state index < -0.39 is 0 Å². The summed E-state index contributed by atoms with van der Waals surface area (Å²) in [4.78, 5) is 11.7. The van der Waals surface area contributed by atoms with Crippen molar-refractivity contribution in [2.45, 2.75) is 51.5 Å². The lowest BCUT2D eigenvalue weighted by molar-refractivity contribution is -0.149. The van der Waals surface area contributed by atoms with E-state index in [0.717, 1.165) is 44.7 Å². The standard InChI is InChI=1S/C15H28N2O2/c1-2-19-15(18)13-5-7-14(8-6-13)17-11-12-4-3-9-16-10-12/h12-14,16-17H,2-11H2,1H3. The lowest BCUT2D eigenvalue weighted by Crippen LogP contribution is -2.41. The van der Waals surface area contributed by atoms with E-state index in [1.54, 1.807) is 0 Å². The predicted molar refractivity (Wildman–Crippen MR) is 76.0 cm³/mol. The van der Waals surface area contributed by atoms with Crippen molar-refractivity contribution < 1.29 is 9.53 Å². The molecule has 0 aromatic rings. The summed E-state index contributed by atoms with van der Waals surface area (Å²) in [6.45, 7) is 5.85. The average molecular weight is 268 g/mol. The third-order valence-corrected chi connectivity index (χ3v) is 4.44. The van der Waals surface area contributed by atoms with Crippen LogP contribution in [0.25, 0.3) is 0 Å². The van der Waals surface area contributed by atoms with E-state index in [1.807, 2.05) is 6.92 Å². The van der Waals surface area contributed by atoms with Crippen molar-refractivity contribution in [2.75, 3.05) is 26.2 Å². The highest BCUT2D eigenvalue weighted by Crippen LogP contribution is 2.25. The highest BCUT2D eigenvalue weighted by atomic mass is 16.5. The number of esters is 1. The van der Waals surface area contributed by atoms with Gasteiger partial charge in [0.2, 0.25) is 0 Å². The third kappa shape index (κ3) is 4.77. The Morgan fingerprint density at radius 3 is 2.68 bits per heavy atom. The number of carbonyl (C=O) groups is 1. The first-order valence-electron chi connectivity index (χ1n) is 7.90. The number of carbonyl (C=O) groups excluding carboxylic acids is 1. The topological polar surface area (TPSA) is 50.4 Å². The molecule has 1 saturated carbocycles. The molecule has 0 aromatic heterocycles. The zero-order valence-corrected chi connectivity index (χ0v) is 12.1. The highest BCUT2D eigenvalue weighted by Gasteiger charge is 2.27. The fourth-order valence-corrected chi connectivity index (χ4v) is 3.22. The lowest BCUT2D eigenvalue weighted by Gasteiger charge is -2.30. The van der Waals surface area contributed by atoms with E-state index in [2.05, 4.69) is 10.6 Å². The van der Waals surface area contributed by atoms with Gasteiger partial charge in [-0.05, 0) is 71.0 Å². The molecule has 19 heavy (non-hydrogen) atoms. The Hall–Kier alpha value is -0.610. The largest absolute Gasteiger partial charge is 0.466 e. The summed E-state index contributed by atoms with van der Waals surface area (Å²) in [5, 5.41) is 7.15. The fraction of sp³-hybridized carbons (Fsp3) is 0.933. The zero-order chi connectivity index (χ0) is 13.5. The molecule has 4 nitrogen and oxygen atoms in total. The van der Waals surface area contributed by atoms with Crippen LogP contribution < -0.4 is 10.6 Å². The van der Waals surface area contributed by atoms with Gasteiger partial charge in [-0.15, -0.1) is 0 Å². The van der Waals surface area contributed by atoms with Crippen molar-refractivity contribution >= 4 is 5.97 Å². The molecule has 2 N–H and O–H groups in total. The van der Waals surface area contributed by atoms with E-state index in [4.69, 9.17) is 4.74 Å². The normalized spacial score (nSPS) is 31.9. The molecular formula is C15H28N2O2. The number of nitrogens with one attached hydrogen (secondary N) is 2. The van der Waals surface area contributed by atoms with Gasteiger partial charge in [0, 0.05) is 6.04 Å². The summed E-state index contributed by atoms with van der Waals surface area (Å²) in [6.07, 6.45) is 6.85. The molecule has 1 heterocycles. The van der Waals surface area contributed by atoms with Crippen molar-refractivity contribution in [3.8, 4) is 0 Å². The van der Waals surface area contributed by atoms with Gasteiger partial charge in [-0.2, -0.15) is 0 Å². The summed E-state index contributed by atoms with van der Waals surface area (Å²) < 4.78 is 5.10. The van der Waals surface area contributed by atoms with Crippen LogP contribution >= 0.6 is 0 Å². The van der Waals surface area contributed by atoms with Crippen molar-refractivity contribution in [1.82, 2.24) is 10.6 Å². The van der Waals surface area contributed by atoms with Crippen molar-refractivity contribution in [1.29, 1.82) is 0 Å². The minimum Gasteiger partial charge on any atom is -0.466 e. The van der Waals surface area contributed by atoms with Gasteiger partial charge in [-0.1, -0.05) is 0 Å². The molecule has 1 unspecified atom stereocenters. The average Bonchev–Trinajstić information content (AvgIpc) is 2.47. The second-order valence-electron chi connectivity index (χ2n) is 5.92. The number of hydrogen-bond donors (Lipinski definition) is 2. The summed E-state index contributed by atoms with van der Waals surface area (Å²) in [7, 11) is 0. The first-order chi connectivity index (χ1) is 9.29. The maximum absolute atomic E-state index is 11.7. The fourth-order valence-electron chi connectivity index (χ4n) is 3.22. The number of ether oxygens (including phenoxy) is 1. The molecule has 0 aromatic carbocycles. The Morgan fingerprint density at radius 2 is 2.05 bits per heavy atom. The maximum Gasteiger partial charge on any atom is 0.308 e. The second-order valence-corrected chi connectivity index (χ2v) is 5.92. The molecule has 0 bridgehead atoms. The number of piperidine rings is 1. The summed E-state index contributed by atoms with van der Waals surface area (Å²) in [6, 6.07) is 0.604. The van der Waals surface area contributed by atoms with Gasteiger partial charge in [0.05, 0.1) is 12.5 Å². The molecule has 2 rings (SSSR count). The van der Waals surface area contributed by atoms with Crippen LogP contribution in [0.2, 0.25) is 0 Å². The van der Waals surface area contributed by atoms with E-state index in [9.17, 15) is 4.79 Å². The smallest absolute Gasteiger partial charge is 0.308 e. The molecule has 1 aliphatic heterocycles. The first kappa shape index (κ1) is 14.8. The molecule has 0 amide bonds. The lowest BCUT2D eigenvalue weighted by atomic mass is 9.85.